The number of rotatable bonds is 3. The average molecular weight is 238 g/mol. The topological polar surface area (TPSA) is 52.9 Å². The molecule has 0 aromatic heterocycles. The SMILES string of the molecule is CC(C)(C#N)NC(=O)Cc1ccc(F)cc1F. The number of hydrogen-bond acceptors (Lipinski definition) is 2. The minimum atomic E-state index is -1.01. The van der Waals surface area contributed by atoms with E-state index in [9.17, 15) is 13.6 Å². The molecule has 0 heterocycles. The summed E-state index contributed by atoms with van der Waals surface area (Å²) in [5, 5.41) is 11.1. The first-order valence-corrected chi connectivity index (χ1v) is 5.00. The van der Waals surface area contributed by atoms with Crippen molar-refractivity contribution < 1.29 is 13.6 Å². The third-order valence-electron chi connectivity index (χ3n) is 2.10. The summed E-state index contributed by atoms with van der Waals surface area (Å²) in [7, 11) is 0. The molecule has 90 valence electrons. The van der Waals surface area contributed by atoms with Crippen molar-refractivity contribution in [2.24, 2.45) is 0 Å². The van der Waals surface area contributed by atoms with Crippen LogP contribution in [0.4, 0.5) is 8.78 Å². The lowest BCUT2D eigenvalue weighted by Crippen LogP contribution is -2.42. The van der Waals surface area contributed by atoms with Crippen molar-refractivity contribution in [1.82, 2.24) is 5.32 Å². The molecule has 0 fully saturated rings. The molecule has 0 aliphatic carbocycles. The Morgan fingerprint density at radius 2 is 2.12 bits per heavy atom. The summed E-state index contributed by atoms with van der Waals surface area (Å²) in [5.74, 6) is -1.94. The first kappa shape index (κ1) is 13.1. The molecule has 0 bridgehead atoms. The van der Waals surface area contributed by atoms with E-state index in [1.54, 1.807) is 0 Å². The van der Waals surface area contributed by atoms with E-state index in [2.05, 4.69) is 5.32 Å². The Balaban J connectivity index is 2.73. The second kappa shape index (κ2) is 4.91. The van der Waals surface area contributed by atoms with Gasteiger partial charge < -0.3 is 5.32 Å². The number of benzene rings is 1. The number of halogens is 2. The van der Waals surface area contributed by atoms with Gasteiger partial charge in [0.15, 0.2) is 0 Å². The molecule has 0 saturated carbocycles. The van der Waals surface area contributed by atoms with Crippen molar-refractivity contribution in [3.8, 4) is 6.07 Å². The van der Waals surface area contributed by atoms with Crippen LogP contribution in [0.2, 0.25) is 0 Å². The van der Waals surface area contributed by atoms with Gasteiger partial charge in [-0.15, -0.1) is 0 Å². The van der Waals surface area contributed by atoms with Crippen LogP contribution in [0.25, 0.3) is 0 Å². The van der Waals surface area contributed by atoms with Crippen molar-refractivity contribution in [1.29, 1.82) is 5.26 Å². The number of amides is 1. The highest BCUT2D eigenvalue weighted by atomic mass is 19.1. The fourth-order valence-corrected chi connectivity index (χ4v) is 1.26. The maximum atomic E-state index is 13.2. The van der Waals surface area contributed by atoms with E-state index in [1.165, 1.54) is 19.9 Å². The van der Waals surface area contributed by atoms with Crippen LogP contribution >= 0.6 is 0 Å². The monoisotopic (exact) mass is 238 g/mol. The van der Waals surface area contributed by atoms with E-state index >= 15 is 0 Å². The molecule has 1 amide bonds. The van der Waals surface area contributed by atoms with Gasteiger partial charge in [-0.05, 0) is 25.5 Å². The van der Waals surface area contributed by atoms with Crippen LogP contribution in [0.15, 0.2) is 18.2 Å². The van der Waals surface area contributed by atoms with E-state index in [0.29, 0.717) is 0 Å². The molecule has 0 saturated heterocycles. The Morgan fingerprint density at radius 1 is 1.47 bits per heavy atom. The molecule has 0 spiro atoms. The molecule has 17 heavy (non-hydrogen) atoms. The summed E-state index contributed by atoms with van der Waals surface area (Å²) in [5.41, 5.74) is -0.911. The van der Waals surface area contributed by atoms with Gasteiger partial charge in [-0.3, -0.25) is 4.79 Å². The van der Waals surface area contributed by atoms with Crippen LogP contribution in [0.3, 0.4) is 0 Å². The zero-order chi connectivity index (χ0) is 13.1. The maximum absolute atomic E-state index is 13.2. The van der Waals surface area contributed by atoms with Crippen molar-refractivity contribution in [3.05, 3.63) is 35.4 Å². The van der Waals surface area contributed by atoms with Gasteiger partial charge in [0.05, 0.1) is 12.5 Å². The summed E-state index contributed by atoms with van der Waals surface area (Å²) < 4.78 is 25.9. The summed E-state index contributed by atoms with van der Waals surface area (Å²) >= 11 is 0. The van der Waals surface area contributed by atoms with Gasteiger partial charge in [-0.1, -0.05) is 6.07 Å². The molecule has 1 N–H and O–H groups in total. The van der Waals surface area contributed by atoms with E-state index in [-0.39, 0.29) is 12.0 Å². The van der Waals surface area contributed by atoms with Crippen molar-refractivity contribution >= 4 is 5.91 Å². The predicted octanol–water partition coefficient (Wildman–Crippen LogP) is 1.93. The van der Waals surface area contributed by atoms with Crippen LogP contribution in [0.5, 0.6) is 0 Å². The Hall–Kier alpha value is -1.96. The van der Waals surface area contributed by atoms with Crippen molar-refractivity contribution in [2.45, 2.75) is 25.8 Å². The first-order chi connectivity index (χ1) is 7.84. The molecular formula is C12H12F2N2O. The molecular weight excluding hydrogens is 226 g/mol. The van der Waals surface area contributed by atoms with Gasteiger partial charge in [-0.2, -0.15) is 5.26 Å². The van der Waals surface area contributed by atoms with Gasteiger partial charge in [0.2, 0.25) is 5.91 Å². The summed E-state index contributed by atoms with van der Waals surface area (Å²) in [4.78, 5) is 11.5. The second-order valence-corrected chi connectivity index (χ2v) is 4.20. The number of nitriles is 1. The fraction of sp³-hybridized carbons (Fsp3) is 0.333. The quantitative estimate of drug-likeness (QED) is 0.874. The molecule has 0 atom stereocenters. The lowest BCUT2D eigenvalue weighted by Gasteiger charge is -2.17. The zero-order valence-electron chi connectivity index (χ0n) is 9.55. The van der Waals surface area contributed by atoms with E-state index in [4.69, 9.17) is 5.26 Å². The predicted molar refractivity (Wildman–Crippen MR) is 57.9 cm³/mol. The molecule has 1 aromatic carbocycles. The van der Waals surface area contributed by atoms with E-state index < -0.39 is 23.1 Å². The third kappa shape index (κ3) is 3.83. The molecule has 1 rings (SSSR count). The second-order valence-electron chi connectivity index (χ2n) is 4.20. The number of carbonyl (C=O) groups is 1. The standard InChI is InChI=1S/C12H12F2N2O/c1-12(2,7-15)16-11(17)5-8-3-4-9(13)6-10(8)14/h3-4,6H,5H2,1-2H3,(H,16,17). The molecule has 0 aliphatic heterocycles. The van der Waals surface area contributed by atoms with Gasteiger partial charge in [0.1, 0.15) is 17.2 Å². The normalized spacial score (nSPS) is 10.8. The molecule has 3 nitrogen and oxygen atoms in total. The van der Waals surface area contributed by atoms with Crippen LogP contribution in [-0.4, -0.2) is 11.4 Å². The van der Waals surface area contributed by atoms with E-state index in [1.807, 2.05) is 6.07 Å². The van der Waals surface area contributed by atoms with Gasteiger partial charge in [0.25, 0.3) is 0 Å². The lowest BCUT2D eigenvalue weighted by atomic mass is 10.1. The first-order valence-electron chi connectivity index (χ1n) is 5.00. The molecule has 0 aliphatic rings. The smallest absolute Gasteiger partial charge is 0.225 e. The van der Waals surface area contributed by atoms with Crippen LogP contribution in [0, 0.1) is 23.0 Å². The number of carbonyl (C=O) groups excluding carboxylic acids is 1. The number of hydrogen-bond donors (Lipinski definition) is 1. The highest BCUT2D eigenvalue weighted by Gasteiger charge is 2.20. The Kier molecular flexibility index (Phi) is 3.79. The number of nitrogens with one attached hydrogen (secondary N) is 1. The average Bonchev–Trinajstić information content (AvgIpc) is 2.21. The minimum Gasteiger partial charge on any atom is -0.338 e. The van der Waals surface area contributed by atoms with Gasteiger partial charge in [0, 0.05) is 6.07 Å². The van der Waals surface area contributed by atoms with Crippen molar-refractivity contribution in [3.63, 3.8) is 0 Å². The summed E-state index contributed by atoms with van der Waals surface area (Å²) in [6.45, 7) is 3.07. The van der Waals surface area contributed by atoms with Crippen LogP contribution < -0.4 is 5.32 Å². The third-order valence-corrected chi connectivity index (χ3v) is 2.10. The fourth-order valence-electron chi connectivity index (χ4n) is 1.26. The summed E-state index contributed by atoms with van der Waals surface area (Å²) in [6.07, 6.45) is -0.225. The molecule has 0 radical (unpaired) electrons. The maximum Gasteiger partial charge on any atom is 0.225 e. The summed E-state index contributed by atoms with van der Waals surface area (Å²) in [6, 6.07) is 4.91. The molecule has 5 heteroatoms. The Labute approximate surface area is 98.1 Å². The Bertz CT molecular complexity index is 478. The van der Waals surface area contributed by atoms with Crippen molar-refractivity contribution in [2.75, 3.05) is 0 Å². The van der Waals surface area contributed by atoms with Crippen LogP contribution in [0.1, 0.15) is 19.4 Å². The molecule has 1 aromatic rings. The molecule has 0 unspecified atom stereocenters. The van der Waals surface area contributed by atoms with Gasteiger partial charge in [-0.25, -0.2) is 8.78 Å². The number of nitrogens with zero attached hydrogens (tertiary/aromatic N) is 1. The van der Waals surface area contributed by atoms with E-state index in [0.717, 1.165) is 12.1 Å². The highest BCUT2D eigenvalue weighted by molar-refractivity contribution is 5.79. The highest BCUT2D eigenvalue weighted by Crippen LogP contribution is 2.10. The largest absolute Gasteiger partial charge is 0.338 e. The zero-order valence-corrected chi connectivity index (χ0v) is 9.55. The van der Waals surface area contributed by atoms with Crippen LogP contribution in [-0.2, 0) is 11.2 Å². The minimum absolute atomic E-state index is 0.0950. The lowest BCUT2D eigenvalue weighted by molar-refractivity contribution is -0.121. The van der Waals surface area contributed by atoms with Gasteiger partial charge >= 0.3 is 0 Å². The Morgan fingerprint density at radius 3 is 2.65 bits per heavy atom.